The molecule has 2 heterocycles. The zero-order valence-corrected chi connectivity index (χ0v) is 17.9. The fourth-order valence-corrected chi connectivity index (χ4v) is 4.47. The van der Waals surface area contributed by atoms with Gasteiger partial charge in [-0.1, -0.05) is 36.8 Å². The number of benzene rings is 2. The molecule has 1 saturated heterocycles. The van der Waals surface area contributed by atoms with Gasteiger partial charge in [0.1, 0.15) is 5.75 Å². The van der Waals surface area contributed by atoms with E-state index in [4.69, 9.17) is 4.74 Å². The lowest BCUT2D eigenvalue weighted by molar-refractivity contribution is -0.123. The summed E-state index contributed by atoms with van der Waals surface area (Å²) in [5.41, 5.74) is 3.47. The number of carbonyl (C=O) groups is 1. The average Bonchev–Trinajstić information content (AvgIpc) is 3.20. The number of rotatable bonds is 7. The van der Waals surface area contributed by atoms with Gasteiger partial charge < -0.3 is 15.0 Å². The van der Waals surface area contributed by atoms with E-state index in [1.807, 2.05) is 18.2 Å². The van der Waals surface area contributed by atoms with Gasteiger partial charge in [-0.15, -0.1) is 0 Å². The first-order chi connectivity index (χ1) is 14.7. The predicted octanol–water partition coefficient (Wildman–Crippen LogP) is 4.30. The molecule has 5 nitrogen and oxygen atoms in total. The first-order valence-electron chi connectivity index (χ1n) is 10.9. The molecular weight excluding hydrogens is 374 g/mol. The van der Waals surface area contributed by atoms with Gasteiger partial charge in [-0.2, -0.15) is 0 Å². The molecular formula is C25H31N3O2. The molecule has 1 fully saturated rings. The quantitative estimate of drug-likeness (QED) is 0.616. The Labute approximate surface area is 178 Å². The molecule has 0 saturated carbocycles. The van der Waals surface area contributed by atoms with Crippen LogP contribution in [0.2, 0.25) is 0 Å². The molecule has 0 spiro atoms. The second kappa shape index (κ2) is 9.35. The number of fused-ring (bicyclic) bond motifs is 1. The highest BCUT2D eigenvalue weighted by atomic mass is 16.5. The fraction of sp³-hybridized carbons (Fsp3) is 0.400. The molecule has 0 unspecified atom stereocenters. The van der Waals surface area contributed by atoms with Crippen molar-refractivity contribution in [2.45, 2.75) is 38.1 Å². The summed E-state index contributed by atoms with van der Waals surface area (Å²) in [6.45, 7) is 4.27. The maximum atomic E-state index is 12.7. The smallest absolute Gasteiger partial charge is 0.234 e. The number of aromatic amines is 1. The fourth-order valence-electron chi connectivity index (χ4n) is 4.47. The zero-order valence-electron chi connectivity index (χ0n) is 17.9. The van der Waals surface area contributed by atoms with E-state index < -0.39 is 0 Å². The normalized spacial score (nSPS) is 18.3. The largest absolute Gasteiger partial charge is 0.497 e. The van der Waals surface area contributed by atoms with Crippen molar-refractivity contribution in [3.63, 3.8) is 0 Å². The van der Waals surface area contributed by atoms with Crippen LogP contribution in [0, 0.1) is 0 Å². The van der Waals surface area contributed by atoms with Gasteiger partial charge in [0.05, 0.1) is 13.7 Å². The van der Waals surface area contributed by atoms with E-state index >= 15 is 0 Å². The topological polar surface area (TPSA) is 57.4 Å². The van der Waals surface area contributed by atoms with Crippen LogP contribution in [0.1, 0.15) is 43.2 Å². The minimum atomic E-state index is 0.0646. The number of ether oxygens (including phenoxy) is 1. The summed E-state index contributed by atoms with van der Waals surface area (Å²) in [5.74, 6) is 0.997. The molecule has 0 bridgehead atoms. The highest BCUT2D eigenvalue weighted by Crippen LogP contribution is 2.31. The van der Waals surface area contributed by atoms with Crippen LogP contribution in [0.4, 0.5) is 0 Å². The van der Waals surface area contributed by atoms with Gasteiger partial charge in [-0.05, 0) is 55.6 Å². The summed E-state index contributed by atoms with van der Waals surface area (Å²) in [4.78, 5) is 18.4. The van der Waals surface area contributed by atoms with E-state index in [0.717, 1.165) is 23.4 Å². The minimum absolute atomic E-state index is 0.0646. The van der Waals surface area contributed by atoms with E-state index in [1.54, 1.807) is 7.11 Å². The number of aromatic nitrogens is 1. The third-order valence-electron chi connectivity index (χ3n) is 6.31. The summed E-state index contributed by atoms with van der Waals surface area (Å²) < 4.78 is 5.32. The Kier molecular flexibility index (Phi) is 6.38. The number of para-hydroxylation sites is 1. The second-order valence-electron chi connectivity index (χ2n) is 8.23. The number of amides is 1. The number of likely N-dealkylation sites (tertiary alicyclic amines) is 1. The third kappa shape index (κ3) is 4.51. The van der Waals surface area contributed by atoms with E-state index in [1.165, 1.54) is 30.2 Å². The van der Waals surface area contributed by atoms with Gasteiger partial charge in [0.25, 0.3) is 0 Å². The van der Waals surface area contributed by atoms with Crippen molar-refractivity contribution >= 4 is 16.8 Å². The number of nitrogens with one attached hydrogen (secondary N) is 2. The molecule has 1 amide bonds. The number of methoxy groups -OCH3 is 1. The Bertz CT molecular complexity index is 979. The molecule has 2 atom stereocenters. The second-order valence-corrected chi connectivity index (χ2v) is 8.23. The highest BCUT2D eigenvalue weighted by Gasteiger charge is 2.22. The lowest BCUT2D eigenvalue weighted by Gasteiger charge is -2.32. The number of carbonyl (C=O) groups excluding carboxylic acids is 1. The average molecular weight is 406 g/mol. The molecule has 2 aromatic carbocycles. The van der Waals surface area contributed by atoms with Crippen molar-refractivity contribution < 1.29 is 9.53 Å². The number of H-pyrrole nitrogens is 1. The minimum Gasteiger partial charge on any atom is -0.497 e. The van der Waals surface area contributed by atoms with Gasteiger partial charge in [-0.3, -0.25) is 9.69 Å². The Morgan fingerprint density at radius 1 is 1.20 bits per heavy atom. The SMILES string of the molecule is COc1ccc([C@H](CNC(=O)CN2CCCC[C@@H]2C)c2c[nH]c3ccccc23)cc1. The molecule has 2 N–H and O–H groups in total. The number of hydrogen-bond donors (Lipinski definition) is 2. The Hall–Kier alpha value is -2.79. The van der Waals surface area contributed by atoms with Crippen LogP contribution < -0.4 is 10.1 Å². The molecule has 30 heavy (non-hydrogen) atoms. The van der Waals surface area contributed by atoms with Crippen molar-refractivity contribution in [2.75, 3.05) is 26.7 Å². The maximum Gasteiger partial charge on any atom is 0.234 e. The molecule has 3 aromatic rings. The predicted molar refractivity (Wildman–Crippen MR) is 121 cm³/mol. The van der Waals surface area contributed by atoms with Gasteiger partial charge in [0.2, 0.25) is 5.91 Å². The van der Waals surface area contributed by atoms with Crippen molar-refractivity contribution in [3.8, 4) is 5.75 Å². The molecule has 1 aromatic heterocycles. The van der Waals surface area contributed by atoms with Crippen LogP contribution in [0.25, 0.3) is 10.9 Å². The first kappa shape index (κ1) is 20.5. The maximum absolute atomic E-state index is 12.7. The lowest BCUT2D eigenvalue weighted by Crippen LogP contribution is -2.45. The van der Waals surface area contributed by atoms with E-state index in [0.29, 0.717) is 19.1 Å². The summed E-state index contributed by atoms with van der Waals surface area (Å²) >= 11 is 0. The zero-order chi connectivity index (χ0) is 20.9. The van der Waals surface area contributed by atoms with Crippen LogP contribution >= 0.6 is 0 Å². The Morgan fingerprint density at radius 2 is 2.00 bits per heavy atom. The van der Waals surface area contributed by atoms with Gasteiger partial charge >= 0.3 is 0 Å². The molecule has 5 heteroatoms. The van der Waals surface area contributed by atoms with Crippen molar-refractivity contribution in [1.82, 2.24) is 15.2 Å². The highest BCUT2D eigenvalue weighted by molar-refractivity contribution is 5.84. The number of piperidine rings is 1. The van der Waals surface area contributed by atoms with Gasteiger partial charge in [-0.25, -0.2) is 0 Å². The number of hydrogen-bond acceptors (Lipinski definition) is 3. The standard InChI is InChI=1S/C25H31N3O2/c1-18-7-5-6-14-28(18)17-25(29)27-15-22(19-10-12-20(30-2)13-11-19)23-16-26-24-9-4-3-8-21(23)24/h3-4,8-13,16,18,22,26H,5-7,14-15,17H2,1-2H3,(H,27,29)/t18-,22-/m0/s1. The molecule has 0 aliphatic carbocycles. The van der Waals surface area contributed by atoms with Crippen molar-refractivity contribution in [1.29, 1.82) is 0 Å². The molecule has 158 valence electrons. The molecule has 0 radical (unpaired) electrons. The van der Waals surface area contributed by atoms with E-state index in [-0.39, 0.29) is 11.8 Å². The third-order valence-corrected chi connectivity index (χ3v) is 6.31. The molecule has 1 aliphatic heterocycles. The van der Waals surface area contributed by atoms with Crippen LogP contribution in [0.15, 0.2) is 54.7 Å². The van der Waals surface area contributed by atoms with Crippen LogP contribution in [0.5, 0.6) is 5.75 Å². The van der Waals surface area contributed by atoms with Crippen molar-refractivity contribution in [3.05, 3.63) is 65.9 Å². The summed E-state index contributed by atoms with van der Waals surface area (Å²) in [7, 11) is 1.67. The Morgan fingerprint density at radius 3 is 2.77 bits per heavy atom. The first-order valence-corrected chi connectivity index (χ1v) is 10.9. The van der Waals surface area contributed by atoms with Gasteiger partial charge in [0.15, 0.2) is 0 Å². The molecule has 1 aliphatic rings. The number of nitrogens with zero attached hydrogens (tertiary/aromatic N) is 1. The lowest BCUT2D eigenvalue weighted by atomic mass is 9.90. The van der Waals surface area contributed by atoms with Crippen LogP contribution in [0.3, 0.4) is 0 Å². The van der Waals surface area contributed by atoms with Crippen molar-refractivity contribution in [2.24, 2.45) is 0 Å². The summed E-state index contributed by atoms with van der Waals surface area (Å²) in [6.07, 6.45) is 5.69. The molecule has 4 rings (SSSR count). The van der Waals surface area contributed by atoms with E-state index in [9.17, 15) is 4.79 Å². The van der Waals surface area contributed by atoms with Crippen LogP contribution in [-0.2, 0) is 4.79 Å². The van der Waals surface area contributed by atoms with Gasteiger partial charge in [0, 0.05) is 35.6 Å². The summed E-state index contributed by atoms with van der Waals surface area (Å²) in [5, 5.41) is 4.40. The monoisotopic (exact) mass is 405 g/mol. The van der Waals surface area contributed by atoms with E-state index in [2.05, 4.69) is 58.7 Å². The summed E-state index contributed by atoms with van der Waals surface area (Å²) in [6, 6.07) is 16.9. The van der Waals surface area contributed by atoms with Crippen LogP contribution in [-0.4, -0.2) is 48.6 Å². The Balaban J connectivity index is 1.53.